The number of methoxy groups -OCH3 is 2. The third-order valence-electron chi connectivity index (χ3n) is 20.4. The van der Waals surface area contributed by atoms with Crippen molar-refractivity contribution >= 4 is 28.6 Å². The smallest absolute Gasteiger partial charge is 0.297 e. The van der Waals surface area contributed by atoms with Gasteiger partial charge in [0.15, 0.2) is 17.2 Å². The quantitative estimate of drug-likeness (QED) is 0.0280. The minimum absolute atomic E-state index is 0.00679. The number of hydrogen-bond donors (Lipinski definition) is 1. The van der Waals surface area contributed by atoms with E-state index in [9.17, 15) is 4.79 Å². The molecular weight excluding hydrogens is 1470 g/mol. The van der Waals surface area contributed by atoms with Gasteiger partial charge in [-0.2, -0.15) is 0 Å². The predicted molar refractivity (Wildman–Crippen MR) is 446 cm³/mol. The lowest BCUT2D eigenvalue weighted by Gasteiger charge is -2.45. The van der Waals surface area contributed by atoms with E-state index in [1.807, 2.05) is 243 Å². The van der Waals surface area contributed by atoms with Crippen LogP contribution in [0.15, 0.2) is 284 Å². The van der Waals surface area contributed by atoms with Crippen molar-refractivity contribution in [3.05, 3.63) is 339 Å². The summed E-state index contributed by atoms with van der Waals surface area (Å²) < 4.78 is 104. The molecule has 0 unspecified atom stereocenters. The van der Waals surface area contributed by atoms with Crippen LogP contribution in [0.1, 0.15) is 95.5 Å². The number of pyridine rings is 1. The summed E-state index contributed by atoms with van der Waals surface area (Å²) >= 11 is 0. The largest absolute Gasteiger partial charge is 0.493 e. The summed E-state index contributed by atoms with van der Waals surface area (Å²) in [6.45, 7) is 4.41. The number of anilines is 1. The second kappa shape index (κ2) is 43.8. The average Bonchev–Trinajstić information content (AvgIpc) is 0.754. The molecule has 0 radical (unpaired) electrons. The molecular formula is C97H104N2O17. The molecule has 0 bridgehead atoms. The van der Waals surface area contributed by atoms with Crippen LogP contribution in [0.3, 0.4) is 0 Å². The van der Waals surface area contributed by atoms with Crippen LogP contribution in [0, 0.1) is 0 Å². The second-order valence-electron chi connectivity index (χ2n) is 28.8. The highest BCUT2D eigenvalue weighted by Crippen LogP contribution is 2.44. The lowest BCUT2D eigenvalue weighted by Crippen LogP contribution is -2.62. The summed E-state index contributed by atoms with van der Waals surface area (Å²) in [5.74, 6) is 0.380. The Hall–Kier alpha value is -10.8. The molecule has 19 nitrogen and oxygen atoms in total. The van der Waals surface area contributed by atoms with Crippen molar-refractivity contribution in [3.63, 3.8) is 0 Å². The van der Waals surface area contributed by atoms with E-state index in [4.69, 9.17) is 71.1 Å². The summed E-state index contributed by atoms with van der Waals surface area (Å²) in [5.41, 5.74) is 8.44. The van der Waals surface area contributed by atoms with E-state index in [1.165, 1.54) is 24.9 Å². The number of aromatic nitrogens is 1. The van der Waals surface area contributed by atoms with Gasteiger partial charge in [-0.15, -0.1) is 0 Å². The Balaban J connectivity index is 0.807. The first-order valence-electron chi connectivity index (χ1n) is 40.0. The molecule has 2 saturated heterocycles. The number of nitrogens with zero attached hydrogens (tertiary/aromatic N) is 1. The van der Waals surface area contributed by atoms with Gasteiger partial charge in [-0.05, 0) is 92.9 Å². The van der Waals surface area contributed by atoms with Crippen LogP contribution >= 0.6 is 0 Å². The molecule has 3 heterocycles. The summed E-state index contributed by atoms with van der Waals surface area (Å²) in [5, 5.41) is 3.54. The van der Waals surface area contributed by atoms with Crippen LogP contribution in [-0.2, 0) is 112 Å². The Labute approximate surface area is 679 Å². The average molecular weight is 1570 g/mol. The highest BCUT2D eigenvalue weighted by molar-refractivity contribution is 6.03. The van der Waals surface area contributed by atoms with E-state index in [1.54, 1.807) is 43.5 Å². The Morgan fingerprint density at radius 1 is 0.405 bits per heavy atom. The predicted octanol–water partition coefficient (Wildman–Crippen LogP) is 18.1. The fourth-order valence-corrected chi connectivity index (χ4v) is 14.2. The zero-order valence-electron chi connectivity index (χ0n) is 66.3. The number of amides is 1. The fraction of sp³-hybridized carbons (Fsp3) is 0.320. The first-order chi connectivity index (χ1) is 57.1. The number of ether oxygens (including phenoxy) is 15. The van der Waals surface area contributed by atoms with Gasteiger partial charge >= 0.3 is 0 Å². The van der Waals surface area contributed by atoms with Crippen molar-refractivity contribution in [3.8, 4) is 28.7 Å². The number of carbonyl (C=O) groups excluding carboxylic acids is 1. The molecule has 13 rings (SSSR count). The number of benzene rings is 10. The zero-order valence-corrected chi connectivity index (χ0v) is 66.3. The highest BCUT2D eigenvalue weighted by Gasteiger charge is 2.52. The monoisotopic (exact) mass is 1570 g/mol. The van der Waals surface area contributed by atoms with Crippen LogP contribution in [0.5, 0.6) is 28.7 Å². The maximum Gasteiger partial charge on any atom is 0.297 e. The lowest BCUT2D eigenvalue weighted by atomic mass is 9.97. The number of aryl methyl sites for hydroxylation is 1. The van der Waals surface area contributed by atoms with Gasteiger partial charge < -0.3 is 80.9 Å². The van der Waals surface area contributed by atoms with E-state index < -0.39 is 72.9 Å². The van der Waals surface area contributed by atoms with Crippen LogP contribution < -0.4 is 34.6 Å². The molecule has 2 fully saturated rings. The molecule has 2 aliphatic rings. The highest BCUT2D eigenvalue weighted by atomic mass is 16.7. The number of hydrogen-bond acceptors (Lipinski definition) is 17. The Kier molecular flexibility index (Phi) is 31.4. The van der Waals surface area contributed by atoms with Gasteiger partial charge in [-0.25, -0.2) is 0 Å². The number of carbonyl (C=O) groups is 1. The summed E-state index contributed by atoms with van der Waals surface area (Å²) in [7, 11) is 4.72. The first-order valence-corrected chi connectivity index (χ1v) is 40.0. The van der Waals surface area contributed by atoms with Crippen LogP contribution in [0.25, 0.3) is 17.0 Å². The fourth-order valence-electron chi connectivity index (χ4n) is 14.2. The van der Waals surface area contributed by atoms with E-state index in [0.717, 1.165) is 76.6 Å². The third-order valence-corrected chi connectivity index (χ3v) is 20.4. The molecule has 116 heavy (non-hydrogen) atoms. The summed E-state index contributed by atoms with van der Waals surface area (Å²) in [6.07, 6.45) is -0.0144. The van der Waals surface area contributed by atoms with Gasteiger partial charge in [0.25, 0.3) is 5.56 Å². The molecule has 10 atom stereocenters. The Morgan fingerprint density at radius 2 is 0.759 bits per heavy atom. The van der Waals surface area contributed by atoms with Gasteiger partial charge in [-0.1, -0.05) is 282 Å². The molecule has 10 aromatic carbocycles. The molecule has 0 aliphatic carbocycles. The van der Waals surface area contributed by atoms with Crippen molar-refractivity contribution in [1.29, 1.82) is 0 Å². The van der Waals surface area contributed by atoms with Crippen molar-refractivity contribution in [2.45, 2.75) is 160 Å². The van der Waals surface area contributed by atoms with E-state index in [0.29, 0.717) is 35.2 Å². The number of nitrogens with one attached hydrogen (secondary N) is 1. The van der Waals surface area contributed by atoms with Gasteiger partial charge in [-0.3, -0.25) is 9.59 Å². The van der Waals surface area contributed by atoms with Gasteiger partial charge in [0, 0.05) is 24.2 Å². The maximum atomic E-state index is 15.2. The molecule has 604 valence electrons. The molecule has 1 aromatic heterocycles. The minimum Gasteiger partial charge on any atom is -0.493 e. The molecule has 0 spiro atoms. The molecule has 1 amide bonds. The number of rotatable bonds is 43. The van der Waals surface area contributed by atoms with Crippen molar-refractivity contribution < 1.29 is 75.8 Å². The lowest BCUT2D eigenvalue weighted by molar-refractivity contribution is -0.310. The van der Waals surface area contributed by atoms with E-state index >= 15 is 4.79 Å². The maximum absolute atomic E-state index is 15.2. The van der Waals surface area contributed by atoms with Gasteiger partial charge in [0.1, 0.15) is 48.8 Å². The van der Waals surface area contributed by atoms with Gasteiger partial charge in [0.2, 0.25) is 30.0 Å². The number of fused-ring (bicyclic) bond motifs is 1. The molecule has 2 aliphatic heterocycles. The minimum atomic E-state index is -1.26. The first kappa shape index (κ1) is 83.2. The molecule has 0 saturated carbocycles. The van der Waals surface area contributed by atoms with Crippen molar-refractivity contribution in [2.75, 3.05) is 39.4 Å². The summed E-state index contributed by atoms with van der Waals surface area (Å²) in [4.78, 5) is 29.7. The van der Waals surface area contributed by atoms with E-state index in [2.05, 4.69) is 12.2 Å². The standard InChI is InChI=1S/C97H104N2O17/c1-5-6-7-8-9-34-55-106-92-86(115-96-93(111-65-75-47-30-16-31-48-75)90(109-63-73-43-26-14-27-44-73)88(107-61-71-39-22-12-23-40-71)83(113-96)67-104-59-69-35-18-10-19-36-69)79-53-52-78(58-80(79)99(2)95(92)101)98-85(100)54-51-77-56-81(102-3)87(82(57-77)103-4)116-97-94(112-66-76-49-32-17-33-50-76)91(110-64-74-45-28-15-29-46-74)89(108-62-72-41-24-13-25-42-72)84(114-97)68-105-60-70-37-20-11-21-38-70/h10-33,35-54,56-58,83-84,88-91,93-94,96-97H,5-9,34,55,59-68H2,1-4H3,(H,98,100)/t83-,84-,88-,89-,90+,91+,93-,94-,96+,97+/m1/s1. The van der Waals surface area contributed by atoms with Crippen LogP contribution in [0.4, 0.5) is 5.69 Å². The SMILES string of the molecule is CCCCCCCCOc1c(O[C@@H]2O[C@H](COCc3ccccc3)[C@@H](OCc3ccccc3)[C@H](OCc3ccccc3)[C@H]2OCc2ccccc2)c2ccc(NC(=O)C=Cc3cc(OC)c(O[C@@H]4O[C@H](COCc5ccccc5)[C@@H](OCc5ccccc5)[C@H](OCc5ccccc5)[C@H]4OCc4ccccc4)c(OC)c3)cc2n(C)c1=O. The summed E-state index contributed by atoms with van der Waals surface area (Å²) in [6, 6.07) is 88.1. The van der Waals surface area contributed by atoms with Crippen molar-refractivity contribution in [2.24, 2.45) is 7.05 Å². The normalized spacial score (nSPS) is 19.3. The third kappa shape index (κ3) is 23.5. The Bertz CT molecular complexity index is 4820. The topological polar surface area (TPSA) is 190 Å². The second-order valence-corrected chi connectivity index (χ2v) is 28.8. The zero-order chi connectivity index (χ0) is 79.9. The Morgan fingerprint density at radius 3 is 1.15 bits per heavy atom. The van der Waals surface area contributed by atoms with Crippen molar-refractivity contribution in [1.82, 2.24) is 4.57 Å². The van der Waals surface area contributed by atoms with Gasteiger partial charge in [0.05, 0.1) is 92.4 Å². The van der Waals surface area contributed by atoms with E-state index in [-0.39, 0.29) is 94.8 Å². The molecule has 19 heteroatoms. The molecule has 11 aromatic rings. The van der Waals surface area contributed by atoms with Crippen LogP contribution in [-0.4, -0.2) is 106 Å². The number of unbranched alkanes of at least 4 members (excludes halogenated alkanes) is 5. The van der Waals surface area contributed by atoms with Crippen LogP contribution in [0.2, 0.25) is 0 Å². The molecule has 1 N–H and O–H groups in total.